The smallest absolute Gasteiger partial charge is 0.331 e. The molecule has 1 aliphatic carbocycles. The molecule has 0 fully saturated rings. The molecule has 0 aliphatic heterocycles. The number of hydrogen-bond acceptors (Lipinski definition) is 5. The quantitative estimate of drug-likeness (QED) is 0.409. The maximum absolute atomic E-state index is 11.8. The van der Waals surface area contributed by atoms with Gasteiger partial charge >= 0.3 is 5.97 Å². The van der Waals surface area contributed by atoms with Crippen molar-refractivity contribution in [2.75, 3.05) is 27.4 Å². The first-order valence-electron chi connectivity index (χ1n) is 9.14. The largest absolute Gasteiger partial charge is 0.497 e. The Labute approximate surface area is 160 Å². The standard InChI is InChI=1S/C21H27NO5/c1-25-18-9-10-19(26-2)17(14-18)8-11-21(24)27-15-20(23)22-13-12-16-6-4-3-5-7-16/h6,8-11,14H,3-5,7,12-13,15H2,1-2H3,(H,22,23)/b11-8+. The van der Waals surface area contributed by atoms with E-state index in [1.807, 2.05) is 0 Å². The lowest BCUT2D eigenvalue weighted by Gasteiger charge is -2.12. The van der Waals surface area contributed by atoms with Crippen molar-refractivity contribution in [3.05, 3.63) is 41.5 Å². The minimum Gasteiger partial charge on any atom is -0.497 e. The predicted molar refractivity (Wildman–Crippen MR) is 104 cm³/mol. The molecule has 6 nitrogen and oxygen atoms in total. The minimum atomic E-state index is -0.593. The summed E-state index contributed by atoms with van der Waals surface area (Å²) in [7, 11) is 3.11. The number of carbonyl (C=O) groups is 2. The van der Waals surface area contributed by atoms with Gasteiger partial charge in [0.25, 0.3) is 5.91 Å². The highest BCUT2D eigenvalue weighted by Gasteiger charge is 2.08. The highest BCUT2D eigenvalue weighted by molar-refractivity contribution is 5.89. The van der Waals surface area contributed by atoms with Gasteiger partial charge in [0, 0.05) is 18.2 Å². The summed E-state index contributed by atoms with van der Waals surface area (Å²) >= 11 is 0. The molecule has 6 heteroatoms. The molecule has 0 spiro atoms. The minimum absolute atomic E-state index is 0.294. The van der Waals surface area contributed by atoms with Gasteiger partial charge in [-0.3, -0.25) is 4.79 Å². The Kier molecular flexibility index (Phi) is 8.42. The Morgan fingerprint density at radius 2 is 2.04 bits per heavy atom. The number of allylic oxidation sites excluding steroid dienone is 1. The summed E-state index contributed by atoms with van der Waals surface area (Å²) in [5.74, 6) is 0.364. The summed E-state index contributed by atoms with van der Waals surface area (Å²) in [6.45, 7) is 0.274. The van der Waals surface area contributed by atoms with E-state index < -0.39 is 5.97 Å². The van der Waals surface area contributed by atoms with Crippen LogP contribution in [0, 0.1) is 0 Å². The van der Waals surface area contributed by atoms with E-state index in [1.54, 1.807) is 38.5 Å². The van der Waals surface area contributed by atoms with Crippen molar-refractivity contribution in [1.82, 2.24) is 5.32 Å². The van der Waals surface area contributed by atoms with Crippen LogP contribution < -0.4 is 14.8 Å². The monoisotopic (exact) mass is 373 g/mol. The second-order valence-electron chi connectivity index (χ2n) is 6.26. The lowest BCUT2D eigenvalue weighted by atomic mass is 9.97. The van der Waals surface area contributed by atoms with Crippen molar-refractivity contribution in [1.29, 1.82) is 0 Å². The van der Waals surface area contributed by atoms with Crippen molar-refractivity contribution in [2.24, 2.45) is 0 Å². The Morgan fingerprint density at radius 1 is 1.19 bits per heavy atom. The first-order chi connectivity index (χ1) is 13.1. The maximum Gasteiger partial charge on any atom is 0.331 e. The maximum atomic E-state index is 11.8. The third kappa shape index (κ3) is 7.17. The van der Waals surface area contributed by atoms with Gasteiger partial charge in [0.05, 0.1) is 14.2 Å². The number of esters is 1. The number of benzene rings is 1. The first-order valence-corrected chi connectivity index (χ1v) is 9.14. The molecule has 0 bridgehead atoms. The molecule has 2 rings (SSSR count). The van der Waals surface area contributed by atoms with E-state index >= 15 is 0 Å². The number of nitrogens with one attached hydrogen (secondary N) is 1. The number of hydrogen-bond donors (Lipinski definition) is 1. The van der Waals surface area contributed by atoms with Crippen LogP contribution in [-0.4, -0.2) is 39.2 Å². The molecule has 1 aromatic carbocycles. The van der Waals surface area contributed by atoms with E-state index in [-0.39, 0.29) is 12.5 Å². The van der Waals surface area contributed by atoms with Crippen molar-refractivity contribution in [2.45, 2.75) is 32.1 Å². The number of carbonyl (C=O) groups excluding carboxylic acids is 2. The average Bonchev–Trinajstić information content (AvgIpc) is 2.71. The summed E-state index contributed by atoms with van der Waals surface area (Å²) in [5, 5.41) is 2.77. The van der Waals surface area contributed by atoms with E-state index in [2.05, 4.69) is 11.4 Å². The van der Waals surface area contributed by atoms with Crippen molar-refractivity contribution < 1.29 is 23.8 Å². The highest BCUT2D eigenvalue weighted by atomic mass is 16.5. The lowest BCUT2D eigenvalue weighted by molar-refractivity contribution is -0.143. The molecule has 0 saturated heterocycles. The van der Waals surface area contributed by atoms with E-state index in [0.717, 1.165) is 19.3 Å². The van der Waals surface area contributed by atoms with Crippen LogP contribution >= 0.6 is 0 Å². The fourth-order valence-corrected chi connectivity index (χ4v) is 2.86. The van der Waals surface area contributed by atoms with Gasteiger partial charge in [-0.25, -0.2) is 4.79 Å². The molecule has 146 valence electrons. The predicted octanol–water partition coefficient (Wildman–Crippen LogP) is 3.27. The number of rotatable bonds is 9. The van der Waals surface area contributed by atoms with Crippen molar-refractivity contribution >= 4 is 18.0 Å². The Bertz CT molecular complexity index is 709. The second-order valence-corrected chi connectivity index (χ2v) is 6.26. The second kappa shape index (κ2) is 11.1. The normalized spacial score (nSPS) is 13.8. The van der Waals surface area contributed by atoms with Crippen LogP contribution in [0.15, 0.2) is 35.9 Å². The molecule has 0 radical (unpaired) electrons. The van der Waals surface area contributed by atoms with E-state index in [1.165, 1.54) is 24.5 Å². The Hall–Kier alpha value is -2.76. The zero-order chi connectivity index (χ0) is 19.5. The van der Waals surface area contributed by atoms with Gasteiger partial charge in [0.15, 0.2) is 6.61 Å². The summed E-state index contributed by atoms with van der Waals surface area (Å²) in [4.78, 5) is 23.6. The van der Waals surface area contributed by atoms with Gasteiger partial charge in [0.2, 0.25) is 0 Å². The van der Waals surface area contributed by atoms with Gasteiger partial charge < -0.3 is 19.5 Å². The zero-order valence-electron chi connectivity index (χ0n) is 16.0. The lowest BCUT2D eigenvalue weighted by Crippen LogP contribution is -2.29. The number of ether oxygens (including phenoxy) is 3. The SMILES string of the molecule is COc1ccc(OC)c(/C=C/C(=O)OCC(=O)NCCC2=CCCCC2)c1. The molecule has 1 aliphatic rings. The van der Waals surface area contributed by atoms with Gasteiger partial charge in [-0.2, -0.15) is 0 Å². The van der Waals surface area contributed by atoms with Crippen LogP contribution in [0.4, 0.5) is 0 Å². The van der Waals surface area contributed by atoms with Crippen LogP contribution in [0.1, 0.15) is 37.7 Å². The van der Waals surface area contributed by atoms with Gasteiger partial charge in [0.1, 0.15) is 11.5 Å². The summed E-state index contributed by atoms with van der Waals surface area (Å²) in [6, 6.07) is 5.26. The average molecular weight is 373 g/mol. The molecule has 1 aromatic rings. The van der Waals surface area contributed by atoms with E-state index in [0.29, 0.717) is 23.6 Å². The van der Waals surface area contributed by atoms with Crippen LogP contribution in [0.3, 0.4) is 0 Å². The third-order valence-electron chi connectivity index (χ3n) is 4.33. The molecule has 0 atom stereocenters. The fourth-order valence-electron chi connectivity index (χ4n) is 2.86. The molecule has 0 saturated carbocycles. The van der Waals surface area contributed by atoms with Gasteiger partial charge in [-0.1, -0.05) is 11.6 Å². The summed E-state index contributed by atoms with van der Waals surface area (Å²) in [5.41, 5.74) is 2.08. The van der Waals surface area contributed by atoms with Crippen LogP contribution in [-0.2, 0) is 14.3 Å². The van der Waals surface area contributed by atoms with Crippen LogP contribution in [0.5, 0.6) is 11.5 Å². The molecular weight excluding hydrogens is 346 g/mol. The molecule has 1 N–H and O–H groups in total. The fraction of sp³-hybridized carbons (Fsp3) is 0.429. The van der Waals surface area contributed by atoms with E-state index in [9.17, 15) is 9.59 Å². The Balaban J connectivity index is 1.74. The zero-order valence-corrected chi connectivity index (χ0v) is 16.0. The van der Waals surface area contributed by atoms with Gasteiger partial charge in [-0.05, 0) is 56.4 Å². The van der Waals surface area contributed by atoms with Crippen LogP contribution in [0.25, 0.3) is 6.08 Å². The molecule has 0 unspecified atom stereocenters. The number of methoxy groups -OCH3 is 2. The third-order valence-corrected chi connectivity index (χ3v) is 4.33. The molecule has 27 heavy (non-hydrogen) atoms. The molecule has 0 aromatic heterocycles. The Morgan fingerprint density at radius 3 is 2.74 bits per heavy atom. The highest BCUT2D eigenvalue weighted by Crippen LogP contribution is 2.25. The first kappa shape index (κ1) is 20.6. The van der Waals surface area contributed by atoms with Crippen molar-refractivity contribution in [3.63, 3.8) is 0 Å². The van der Waals surface area contributed by atoms with E-state index in [4.69, 9.17) is 14.2 Å². The summed E-state index contributed by atoms with van der Waals surface area (Å²) in [6.07, 6.45) is 10.7. The van der Waals surface area contributed by atoms with Gasteiger partial charge in [-0.15, -0.1) is 0 Å². The number of amides is 1. The molecular formula is C21H27NO5. The molecule has 0 heterocycles. The molecule has 1 amide bonds. The van der Waals surface area contributed by atoms with Crippen molar-refractivity contribution in [3.8, 4) is 11.5 Å². The van der Waals surface area contributed by atoms with Crippen LogP contribution in [0.2, 0.25) is 0 Å². The summed E-state index contributed by atoms with van der Waals surface area (Å²) < 4.78 is 15.4. The topological polar surface area (TPSA) is 73.9 Å².